The van der Waals surface area contributed by atoms with Crippen molar-refractivity contribution in [3.8, 4) is 0 Å². The lowest BCUT2D eigenvalue weighted by Gasteiger charge is -2.43. The Morgan fingerprint density at radius 3 is 2.67 bits per heavy atom. The Kier molecular flexibility index (Phi) is 7.52. The molecular formula is C26H33ClN6O2S. The molecule has 4 rings (SSSR count). The predicted molar refractivity (Wildman–Crippen MR) is 149 cm³/mol. The molecule has 2 N–H and O–H groups in total. The van der Waals surface area contributed by atoms with E-state index in [9.17, 15) is 9.59 Å². The maximum Gasteiger partial charge on any atom is 0.281 e. The number of aryl methyl sites for hydroxylation is 1. The molecule has 1 atom stereocenters. The average Bonchev–Trinajstić information content (AvgIpc) is 2.82. The van der Waals surface area contributed by atoms with Crippen molar-refractivity contribution in [1.82, 2.24) is 19.3 Å². The highest BCUT2D eigenvalue weighted by molar-refractivity contribution is 7.97. The minimum absolute atomic E-state index is 0.0679. The fraction of sp³-hybridized carbons (Fsp3) is 0.462. The van der Waals surface area contributed by atoms with Crippen molar-refractivity contribution in [3.05, 3.63) is 56.6 Å². The van der Waals surface area contributed by atoms with Crippen molar-refractivity contribution < 1.29 is 4.79 Å². The molecule has 0 spiro atoms. The SMILES string of the molecule is CSNC(=O)c1nc(Cl)ccc1NC(C)c1cc(C)cc2c(=O)n(C)c(N3CCCCC3(C)C)nc12. The van der Waals surface area contributed by atoms with Gasteiger partial charge in [-0.15, -0.1) is 0 Å². The zero-order chi connectivity index (χ0) is 26.2. The number of pyridine rings is 1. The van der Waals surface area contributed by atoms with Crippen LogP contribution in [-0.4, -0.2) is 38.8 Å². The molecule has 1 saturated heterocycles. The van der Waals surface area contributed by atoms with E-state index in [0.717, 1.165) is 36.9 Å². The van der Waals surface area contributed by atoms with E-state index >= 15 is 0 Å². The second kappa shape index (κ2) is 10.3. The van der Waals surface area contributed by atoms with Crippen LogP contribution in [0.1, 0.15) is 67.7 Å². The number of nitrogens with zero attached hydrogens (tertiary/aromatic N) is 4. The first-order valence-corrected chi connectivity index (χ1v) is 13.7. The minimum Gasteiger partial charge on any atom is -0.377 e. The van der Waals surface area contributed by atoms with Crippen LogP contribution >= 0.6 is 23.5 Å². The number of anilines is 2. The van der Waals surface area contributed by atoms with Gasteiger partial charge in [-0.2, -0.15) is 0 Å². The number of hydrogen-bond donors (Lipinski definition) is 2. The molecule has 1 amide bonds. The number of aromatic nitrogens is 3. The van der Waals surface area contributed by atoms with Gasteiger partial charge in [-0.25, -0.2) is 9.97 Å². The Hall–Kier alpha value is -2.78. The van der Waals surface area contributed by atoms with E-state index in [1.807, 2.05) is 26.0 Å². The number of halogens is 1. The molecule has 36 heavy (non-hydrogen) atoms. The summed E-state index contributed by atoms with van der Waals surface area (Å²) in [4.78, 5) is 37.7. The lowest BCUT2D eigenvalue weighted by molar-refractivity contribution is 0.0980. The normalized spacial score (nSPS) is 16.1. The van der Waals surface area contributed by atoms with Gasteiger partial charge < -0.3 is 10.2 Å². The first-order valence-electron chi connectivity index (χ1n) is 12.1. The number of piperidine rings is 1. The van der Waals surface area contributed by atoms with Gasteiger partial charge in [0.1, 0.15) is 5.15 Å². The summed E-state index contributed by atoms with van der Waals surface area (Å²) in [5, 5.41) is 4.22. The van der Waals surface area contributed by atoms with Gasteiger partial charge in [-0.05, 0) is 70.7 Å². The van der Waals surface area contributed by atoms with E-state index < -0.39 is 0 Å². The van der Waals surface area contributed by atoms with Gasteiger partial charge >= 0.3 is 0 Å². The van der Waals surface area contributed by atoms with Crippen LogP contribution in [0.4, 0.5) is 11.6 Å². The molecule has 0 aliphatic carbocycles. The fourth-order valence-corrected chi connectivity index (χ4v) is 5.36. The van der Waals surface area contributed by atoms with Crippen LogP contribution in [0, 0.1) is 6.92 Å². The number of rotatable bonds is 6. The molecule has 10 heteroatoms. The summed E-state index contributed by atoms with van der Waals surface area (Å²) in [6.45, 7) is 9.23. The molecular weight excluding hydrogens is 496 g/mol. The van der Waals surface area contributed by atoms with E-state index in [0.29, 0.717) is 22.5 Å². The van der Waals surface area contributed by atoms with E-state index in [1.54, 1.807) is 30.0 Å². The van der Waals surface area contributed by atoms with Crippen LogP contribution in [-0.2, 0) is 7.05 Å². The molecule has 1 aliphatic rings. The molecule has 192 valence electrons. The standard InChI is InChI=1S/C26H33ClN6O2S/c1-15-13-17(16(2)28-19-9-10-20(27)29-22(19)23(34)31-36-6)21-18(14-15)24(35)32(5)25(30-21)33-12-8-7-11-26(33,3)4/h9-10,13-14,16,28H,7-8,11-12H2,1-6H3,(H,31,34). The van der Waals surface area contributed by atoms with Gasteiger partial charge in [0.15, 0.2) is 5.69 Å². The fourth-order valence-electron chi connectivity index (χ4n) is 4.93. The van der Waals surface area contributed by atoms with Crippen molar-refractivity contribution in [2.75, 3.05) is 23.0 Å². The highest BCUT2D eigenvalue weighted by Crippen LogP contribution is 2.33. The Balaban J connectivity index is 1.83. The lowest BCUT2D eigenvalue weighted by Crippen LogP contribution is -2.50. The highest BCUT2D eigenvalue weighted by Gasteiger charge is 2.33. The van der Waals surface area contributed by atoms with Crippen molar-refractivity contribution in [1.29, 1.82) is 0 Å². The quantitative estimate of drug-likeness (QED) is 0.334. The number of nitrogens with one attached hydrogen (secondary N) is 2. The highest BCUT2D eigenvalue weighted by atomic mass is 35.5. The monoisotopic (exact) mass is 528 g/mol. The van der Waals surface area contributed by atoms with E-state index in [1.165, 1.54) is 11.9 Å². The number of fused-ring (bicyclic) bond motifs is 1. The van der Waals surface area contributed by atoms with Crippen LogP contribution in [0.5, 0.6) is 0 Å². The Morgan fingerprint density at radius 2 is 1.97 bits per heavy atom. The van der Waals surface area contributed by atoms with Gasteiger partial charge in [0, 0.05) is 31.0 Å². The first kappa shape index (κ1) is 26.3. The predicted octanol–water partition coefficient (Wildman–Crippen LogP) is 5.24. The number of carbonyl (C=O) groups is 1. The number of amides is 1. The van der Waals surface area contributed by atoms with Crippen LogP contribution in [0.25, 0.3) is 10.9 Å². The molecule has 1 aromatic carbocycles. The third-order valence-electron chi connectivity index (χ3n) is 6.83. The minimum atomic E-state index is -0.338. The van der Waals surface area contributed by atoms with Crippen LogP contribution in [0.15, 0.2) is 29.1 Å². The number of benzene rings is 1. The maximum atomic E-state index is 13.5. The molecule has 3 heterocycles. The van der Waals surface area contributed by atoms with Crippen LogP contribution in [0.2, 0.25) is 5.15 Å². The summed E-state index contributed by atoms with van der Waals surface area (Å²) in [5.74, 6) is 0.345. The first-order chi connectivity index (χ1) is 17.0. The van der Waals surface area contributed by atoms with Crippen molar-refractivity contribution >= 4 is 52.0 Å². The van der Waals surface area contributed by atoms with E-state index in [4.69, 9.17) is 16.6 Å². The topological polar surface area (TPSA) is 92.2 Å². The molecule has 0 bridgehead atoms. The number of hydrogen-bond acceptors (Lipinski definition) is 7. The average molecular weight is 529 g/mol. The lowest BCUT2D eigenvalue weighted by atomic mass is 9.91. The second-order valence-electron chi connectivity index (χ2n) is 9.98. The third-order valence-corrected chi connectivity index (χ3v) is 7.43. The molecule has 0 radical (unpaired) electrons. The van der Waals surface area contributed by atoms with Gasteiger partial charge in [-0.3, -0.25) is 18.9 Å². The molecule has 1 unspecified atom stereocenters. The summed E-state index contributed by atoms with van der Waals surface area (Å²) >= 11 is 7.28. The smallest absolute Gasteiger partial charge is 0.281 e. The van der Waals surface area contributed by atoms with Gasteiger partial charge in [0.2, 0.25) is 5.95 Å². The Bertz CT molecular complexity index is 1370. The summed E-state index contributed by atoms with van der Waals surface area (Å²) < 4.78 is 4.37. The van der Waals surface area contributed by atoms with Crippen molar-refractivity contribution in [2.24, 2.45) is 7.05 Å². The Labute approximate surface area is 221 Å². The largest absolute Gasteiger partial charge is 0.377 e. The van der Waals surface area contributed by atoms with Crippen molar-refractivity contribution in [3.63, 3.8) is 0 Å². The molecule has 3 aromatic rings. The van der Waals surface area contributed by atoms with Gasteiger partial charge in [0.05, 0.1) is 22.6 Å². The van der Waals surface area contributed by atoms with Crippen LogP contribution < -0.4 is 20.5 Å². The molecule has 1 fully saturated rings. The van der Waals surface area contributed by atoms with Gasteiger partial charge in [-0.1, -0.05) is 29.6 Å². The molecule has 0 saturated carbocycles. The van der Waals surface area contributed by atoms with E-state index in [2.05, 4.69) is 33.8 Å². The molecule has 8 nitrogen and oxygen atoms in total. The summed E-state index contributed by atoms with van der Waals surface area (Å²) in [5.41, 5.74) is 3.11. The van der Waals surface area contributed by atoms with Crippen molar-refractivity contribution in [2.45, 2.75) is 58.5 Å². The Morgan fingerprint density at radius 1 is 1.22 bits per heavy atom. The molecule has 1 aliphatic heterocycles. The summed E-state index contributed by atoms with van der Waals surface area (Å²) in [7, 11) is 1.80. The third kappa shape index (κ3) is 5.04. The van der Waals surface area contributed by atoms with Crippen LogP contribution in [0.3, 0.4) is 0 Å². The molecule has 2 aromatic heterocycles. The summed E-state index contributed by atoms with van der Waals surface area (Å²) in [6.07, 6.45) is 5.05. The van der Waals surface area contributed by atoms with E-state index in [-0.39, 0.29) is 33.9 Å². The maximum absolute atomic E-state index is 13.5. The number of carbonyl (C=O) groups excluding carboxylic acids is 1. The van der Waals surface area contributed by atoms with Gasteiger partial charge in [0.25, 0.3) is 11.5 Å². The summed E-state index contributed by atoms with van der Waals surface area (Å²) in [6, 6.07) is 7.06. The zero-order valence-corrected chi connectivity index (χ0v) is 23.2. The zero-order valence-electron chi connectivity index (χ0n) is 21.6. The second-order valence-corrected chi connectivity index (χ2v) is 11.0.